The number of hydrazone groups is 1. The van der Waals surface area contributed by atoms with E-state index in [1.54, 1.807) is 42.5 Å². The zero-order valence-electron chi connectivity index (χ0n) is 13.3. The van der Waals surface area contributed by atoms with Crippen LogP contribution in [0.5, 0.6) is 11.5 Å². The van der Waals surface area contributed by atoms with Crippen LogP contribution < -0.4 is 20.2 Å². The number of carbonyl (C=O) groups excluding carboxylic acids is 2. The first-order valence-electron chi connectivity index (χ1n) is 7.10. The second-order valence-corrected chi connectivity index (χ2v) is 4.61. The Labute approximate surface area is 139 Å². The Morgan fingerprint density at radius 1 is 1.08 bits per heavy atom. The molecule has 0 aliphatic heterocycles. The zero-order chi connectivity index (χ0) is 17.4. The highest BCUT2D eigenvalue weighted by Gasteiger charge is 2.09. The normalized spacial score (nSPS) is 10.2. The molecular formula is C17H17N3O4. The fraction of sp³-hybridized carbons (Fsp3) is 0.118. The van der Waals surface area contributed by atoms with Crippen molar-refractivity contribution in [1.29, 1.82) is 0 Å². The molecule has 124 valence electrons. The van der Waals surface area contributed by atoms with E-state index in [-0.39, 0.29) is 11.7 Å². The van der Waals surface area contributed by atoms with Crippen LogP contribution in [0, 0.1) is 0 Å². The third kappa shape index (κ3) is 4.57. The van der Waals surface area contributed by atoms with E-state index >= 15 is 0 Å². The lowest BCUT2D eigenvalue weighted by Gasteiger charge is -2.09. The molecule has 0 bridgehead atoms. The van der Waals surface area contributed by atoms with E-state index in [4.69, 9.17) is 9.47 Å². The van der Waals surface area contributed by atoms with Crippen molar-refractivity contribution in [2.45, 2.75) is 0 Å². The van der Waals surface area contributed by atoms with Gasteiger partial charge in [0.05, 0.1) is 13.3 Å². The topological polar surface area (TPSA) is 89.0 Å². The summed E-state index contributed by atoms with van der Waals surface area (Å²) in [7, 11) is 2.93. The molecule has 24 heavy (non-hydrogen) atoms. The number of hydrogen-bond acceptors (Lipinski definition) is 5. The minimum absolute atomic E-state index is 0.280. The molecule has 7 heteroatoms. The van der Waals surface area contributed by atoms with E-state index in [1.165, 1.54) is 20.4 Å². The number of ether oxygens (including phenoxy) is 2. The Hall–Kier alpha value is -3.35. The lowest BCUT2D eigenvalue weighted by Crippen LogP contribution is -2.22. The molecule has 2 amide bonds. The molecule has 0 heterocycles. The number of nitrogens with one attached hydrogen (secondary N) is 2. The number of nitrogens with zero attached hydrogens (tertiary/aromatic N) is 1. The molecule has 0 saturated heterocycles. The Bertz CT molecular complexity index is 745. The highest BCUT2D eigenvalue weighted by atomic mass is 16.6. The summed E-state index contributed by atoms with van der Waals surface area (Å²) in [6.07, 6.45) is 0.873. The summed E-state index contributed by atoms with van der Waals surface area (Å²) < 4.78 is 10.2. The molecule has 0 atom stereocenters. The van der Waals surface area contributed by atoms with Gasteiger partial charge in [-0.2, -0.15) is 5.10 Å². The van der Waals surface area contributed by atoms with Gasteiger partial charge >= 0.3 is 6.09 Å². The fourth-order valence-corrected chi connectivity index (χ4v) is 1.82. The van der Waals surface area contributed by atoms with Gasteiger partial charge in [0.1, 0.15) is 0 Å². The Kier molecular flexibility index (Phi) is 5.90. The lowest BCUT2D eigenvalue weighted by molar-refractivity contribution is 0.0955. The molecule has 0 unspecified atom stereocenters. The maximum Gasteiger partial charge on any atom is 0.412 e. The summed E-state index contributed by atoms with van der Waals surface area (Å²) >= 11 is 0. The number of methoxy groups -OCH3 is 1. The van der Waals surface area contributed by atoms with Crippen molar-refractivity contribution in [2.24, 2.45) is 5.10 Å². The largest absolute Gasteiger partial charge is 0.493 e. The molecule has 0 radical (unpaired) electrons. The number of benzene rings is 2. The first kappa shape index (κ1) is 17.0. The van der Waals surface area contributed by atoms with E-state index in [1.807, 2.05) is 6.07 Å². The van der Waals surface area contributed by atoms with Crippen LogP contribution in [0.2, 0.25) is 0 Å². The van der Waals surface area contributed by atoms with Crippen LogP contribution in [-0.2, 0) is 0 Å². The highest BCUT2D eigenvalue weighted by Crippen LogP contribution is 2.27. The maximum atomic E-state index is 11.9. The van der Waals surface area contributed by atoms with Gasteiger partial charge in [-0.05, 0) is 35.9 Å². The van der Waals surface area contributed by atoms with E-state index < -0.39 is 6.09 Å². The first-order chi connectivity index (χ1) is 11.6. The van der Waals surface area contributed by atoms with Gasteiger partial charge in [-0.25, -0.2) is 10.2 Å². The second kappa shape index (κ2) is 8.33. The van der Waals surface area contributed by atoms with Crippen LogP contribution in [0.25, 0.3) is 0 Å². The van der Waals surface area contributed by atoms with Gasteiger partial charge < -0.3 is 14.8 Å². The summed E-state index contributed by atoms with van der Waals surface area (Å²) in [5.41, 5.74) is 3.62. The van der Waals surface area contributed by atoms with Crippen molar-refractivity contribution in [2.75, 3.05) is 14.2 Å². The van der Waals surface area contributed by atoms with Crippen LogP contribution in [0.15, 0.2) is 53.6 Å². The summed E-state index contributed by atoms with van der Waals surface area (Å²) in [6, 6.07) is 13.7. The predicted molar refractivity (Wildman–Crippen MR) is 89.6 cm³/mol. The molecule has 0 aliphatic rings. The molecular weight excluding hydrogens is 310 g/mol. The zero-order valence-corrected chi connectivity index (χ0v) is 13.3. The average molecular weight is 327 g/mol. The minimum atomic E-state index is -0.593. The van der Waals surface area contributed by atoms with Gasteiger partial charge in [-0.3, -0.25) is 4.79 Å². The SMILES string of the molecule is CNC(=O)Oc1ccc(C=NNC(=O)c2ccccc2)cc1OC. The molecule has 0 fully saturated rings. The maximum absolute atomic E-state index is 11.9. The molecule has 0 aliphatic carbocycles. The molecule has 0 spiro atoms. The molecule has 7 nitrogen and oxygen atoms in total. The highest BCUT2D eigenvalue weighted by molar-refractivity contribution is 5.94. The van der Waals surface area contributed by atoms with E-state index in [2.05, 4.69) is 15.8 Å². The standard InChI is InChI=1S/C17H17N3O4/c1-18-17(22)24-14-9-8-12(10-15(14)23-2)11-19-20-16(21)13-6-4-3-5-7-13/h3-11H,1-2H3,(H,18,22)(H,20,21). The minimum Gasteiger partial charge on any atom is -0.493 e. The van der Waals surface area contributed by atoms with E-state index in [0.29, 0.717) is 16.9 Å². The average Bonchev–Trinajstić information content (AvgIpc) is 2.63. The van der Waals surface area contributed by atoms with Gasteiger partial charge in [-0.1, -0.05) is 18.2 Å². The predicted octanol–water partition coefficient (Wildman–Crippen LogP) is 2.18. The van der Waals surface area contributed by atoms with Crippen molar-refractivity contribution < 1.29 is 19.1 Å². The number of rotatable bonds is 5. The van der Waals surface area contributed by atoms with Crippen molar-refractivity contribution in [3.8, 4) is 11.5 Å². The van der Waals surface area contributed by atoms with Crippen molar-refractivity contribution >= 4 is 18.2 Å². The van der Waals surface area contributed by atoms with Gasteiger partial charge in [0, 0.05) is 12.6 Å². The molecule has 2 rings (SSSR count). The number of amides is 2. The van der Waals surface area contributed by atoms with Crippen LogP contribution in [0.4, 0.5) is 4.79 Å². The Morgan fingerprint density at radius 2 is 1.83 bits per heavy atom. The van der Waals surface area contributed by atoms with Crippen LogP contribution in [0.1, 0.15) is 15.9 Å². The summed E-state index contributed by atoms with van der Waals surface area (Å²) in [4.78, 5) is 23.1. The first-order valence-corrected chi connectivity index (χ1v) is 7.10. The summed E-state index contributed by atoms with van der Waals surface area (Å²) in [5, 5.41) is 6.25. The van der Waals surface area contributed by atoms with Gasteiger partial charge in [0.25, 0.3) is 5.91 Å². The molecule has 0 aromatic heterocycles. The third-order valence-electron chi connectivity index (χ3n) is 3.01. The number of carbonyl (C=O) groups is 2. The molecule has 2 aromatic carbocycles. The second-order valence-electron chi connectivity index (χ2n) is 4.61. The van der Waals surface area contributed by atoms with Gasteiger partial charge in [-0.15, -0.1) is 0 Å². The quantitative estimate of drug-likeness (QED) is 0.651. The van der Waals surface area contributed by atoms with Crippen molar-refractivity contribution in [3.63, 3.8) is 0 Å². The van der Waals surface area contributed by atoms with Crippen LogP contribution >= 0.6 is 0 Å². The smallest absolute Gasteiger partial charge is 0.412 e. The Morgan fingerprint density at radius 3 is 2.50 bits per heavy atom. The van der Waals surface area contributed by atoms with Crippen molar-refractivity contribution in [3.05, 3.63) is 59.7 Å². The van der Waals surface area contributed by atoms with E-state index in [9.17, 15) is 9.59 Å². The number of hydrogen-bond donors (Lipinski definition) is 2. The summed E-state index contributed by atoms with van der Waals surface area (Å²) in [5.74, 6) is 0.345. The summed E-state index contributed by atoms with van der Waals surface area (Å²) in [6.45, 7) is 0. The fourth-order valence-electron chi connectivity index (χ4n) is 1.82. The van der Waals surface area contributed by atoms with Gasteiger partial charge in [0.15, 0.2) is 11.5 Å². The Balaban J connectivity index is 2.04. The monoisotopic (exact) mass is 327 g/mol. The molecule has 2 N–H and O–H groups in total. The molecule has 2 aromatic rings. The van der Waals surface area contributed by atoms with Crippen molar-refractivity contribution in [1.82, 2.24) is 10.7 Å². The molecule has 0 saturated carbocycles. The van der Waals surface area contributed by atoms with Gasteiger partial charge in [0.2, 0.25) is 0 Å². The third-order valence-corrected chi connectivity index (χ3v) is 3.01. The lowest BCUT2D eigenvalue weighted by atomic mass is 10.2. The van der Waals surface area contributed by atoms with Crippen LogP contribution in [-0.4, -0.2) is 32.4 Å². The van der Waals surface area contributed by atoms with Crippen LogP contribution in [0.3, 0.4) is 0 Å². The van der Waals surface area contributed by atoms with E-state index in [0.717, 1.165) is 0 Å².